The average Bonchev–Trinajstić information content (AvgIpc) is 3.77. The quantitative estimate of drug-likeness (QED) is 0.167. The van der Waals surface area contributed by atoms with E-state index in [1.807, 2.05) is 11.3 Å². The molecule has 4 heteroatoms. The fourth-order valence-corrected chi connectivity index (χ4v) is 8.51. The minimum absolute atomic E-state index is 0.851. The molecule has 8 aromatic carbocycles. The molecule has 0 fully saturated rings. The van der Waals surface area contributed by atoms with Gasteiger partial charge >= 0.3 is 0 Å². The maximum Gasteiger partial charge on any atom is 0.137 e. The van der Waals surface area contributed by atoms with Crippen LogP contribution >= 0.6 is 11.3 Å². The Morgan fingerprint density at radius 1 is 0.308 bits per heavy atom. The van der Waals surface area contributed by atoms with E-state index in [9.17, 15) is 0 Å². The molecule has 2 heterocycles. The molecule has 10 rings (SSSR count). The third-order valence-electron chi connectivity index (χ3n) is 9.84. The van der Waals surface area contributed by atoms with E-state index in [-0.39, 0.29) is 0 Å². The van der Waals surface area contributed by atoms with Gasteiger partial charge in [-0.1, -0.05) is 103 Å². The Kier molecular flexibility index (Phi) is 7.33. The van der Waals surface area contributed by atoms with Crippen molar-refractivity contribution in [3.63, 3.8) is 0 Å². The molecular formula is C48H32N2OS. The van der Waals surface area contributed by atoms with Crippen LogP contribution in [0.5, 0.6) is 0 Å². The third-order valence-corrected chi connectivity index (χ3v) is 11.0. The van der Waals surface area contributed by atoms with Gasteiger partial charge in [-0.25, -0.2) is 0 Å². The Labute approximate surface area is 305 Å². The van der Waals surface area contributed by atoms with E-state index >= 15 is 0 Å². The number of benzene rings is 8. The van der Waals surface area contributed by atoms with E-state index in [0.717, 1.165) is 56.1 Å². The van der Waals surface area contributed by atoms with Crippen molar-refractivity contribution >= 4 is 87.6 Å². The molecule has 52 heavy (non-hydrogen) atoms. The highest BCUT2D eigenvalue weighted by Crippen LogP contribution is 2.43. The van der Waals surface area contributed by atoms with Gasteiger partial charge in [0.15, 0.2) is 0 Å². The van der Waals surface area contributed by atoms with E-state index < -0.39 is 0 Å². The maximum atomic E-state index is 6.59. The van der Waals surface area contributed by atoms with Gasteiger partial charge in [0.05, 0.1) is 0 Å². The molecule has 0 atom stereocenters. The third kappa shape index (κ3) is 5.29. The van der Waals surface area contributed by atoms with Crippen molar-refractivity contribution in [1.82, 2.24) is 0 Å². The first-order chi connectivity index (χ1) is 25.8. The molecule has 0 aliphatic rings. The number of hydrogen-bond acceptors (Lipinski definition) is 4. The van der Waals surface area contributed by atoms with Gasteiger partial charge in [-0.2, -0.15) is 0 Å². The van der Waals surface area contributed by atoms with Crippen molar-refractivity contribution in [2.45, 2.75) is 0 Å². The van der Waals surface area contributed by atoms with Gasteiger partial charge in [0.2, 0.25) is 0 Å². The molecule has 2 aromatic heterocycles. The normalized spacial score (nSPS) is 11.5. The predicted octanol–water partition coefficient (Wildman–Crippen LogP) is 14.6. The smallest absolute Gasteiger partial charge is 0.137 e. The van der Waals surface area contributed by atoms with Crippen LogP contribution in [0, 0.1) is 0 Å². The van der Waals surface area contributed by atoms with Crippen LogP contribution in [-0.4, -0.2) is 0 Å². The van der Waals surface area contributed by atoms with Gasteiger partial charge in [-0.05, 0) is 96.1 Å². The van der Waals surface area contributed by atoms with Crippen molar-refractivity contribution in [2.24, 2.45) is 0 Å². The molecule has 0 radical (unpaired) electrons. The molecule has 0 saturated heterocycles. The Hall–Kier alpha value is -6.62. The van der Waals surface area contributed by atoms with Gasteiger partial charge in [0.1, 0.15) is 11.2 Å². The summed E-state index contributed by atoms with van der Waals surface area (Å²) in [5.74, 6) is 0. The minimum Gasteiger partial charge on any atom is -0.456 e. The molecule has 10 aromatic rings. The molecule has 0 aliphatic carbocycles. The van der Waals surface area contributed by atoms with E-state index in [1.165, 1.54) is 31.3 Å². The predicted molar refractivity (Wildman–Crippen MR) is 221 cm³/mol. The molecular weight excluding hydrogens is 653 g/mol. The average molecular weight is 685 g/mol. The van der Waals surface area contributed by atoms with Crippen molar-refractivity contribution in [3.05, 3.63) is 194 Å². The van der Waals surface area contributed by atoms with E-state index in [1.54, 1.807) is 0 Å². The van der Waals surface area contributed by atoms with Crippen LogP contribution in [0.15, 0.2) is 199 Å². The minimum atomic E-state index is 0.851. The summed E-state index contributed by atoms with van der Waals surface area (Å²) >= 11 is 1.84. The molecule has 0 saturated carbocycles. The lowest BCUT2D eigenvalue weighted by molar-refractivity contribution is 0.669. The summed E-state index contributed by atoms with van der Waals surface area (Å²) in [5.41, 5.74) is 10.6. The number of para-hydroxylation sites is 2. The monoisotopic (exact) mass is 684 g/mol. The highest BCUT2D eigenvalue weighted by molar-refractivity contribution is 7.25. The van der Waals surface area contributed by atoms with Gasteiger partial charge in [-0.15, -0.1) is 11.3 Å². The van der Waals surface area contributed by atoms with Crippen molar-refractivity contribution in [1.29, 1.82) is 0 Å². The highest BCUT2D eigenvalue weighted by Gasteiger charge is 2.19. The van der Waals surface area contributed by atoms with Crippen LogP contribution in [0.25, 0.3) is 53.2 Å². The van der Waals surface area contributed by atoms with Gasteiger partial charge in [-0.3, -0.25) is 0 Å². The summed E-state index contributed by atoms with van der Waals surface area (Å²) in [4.78, 5) is 4.63. The number of thiophene rings is 1. The Balaban J connectivity index is 1.07. The Bertz CT molecular complexity index is 2840. The lowest BCUT2D eigenvalue weighted by Gasteiger charge is -2.26. The largest absolute Gasteiger partial charge is 0.456 e. The van der Waals surface area contributed by atoms with Crippen LogP contribution in [0.2, 0.25) is 0 Å². The number of anilines is 6. The first-order valence-electron chi connectivity index (χ1n) is 17.5. The van der Waals surface area contributed by atoms with Crippen molar-refractivity contribution in [2.75, 3.05) is 9.80 Å². The molecule has 0 unspecified atom stereocenters. The standard InChI is InChI=1S/C48H32N2OS/c1-4-12-33(13-5-1)34-20-22-37(23-21-34)49(35-14-6-2-7-15-35)39-24-27-41-44-30-38(26-29-45(44)51-46(41)31-39)50(36-16-8-3-9-17-36)40-25-28-43-42-18-10-11-19-47(42)52-48(43)32-40/h1-32H. The number of nitrogens with zero attached hydrogens (tertiary/aromatic N) is 2. The zero-order valence-corrected chi connectivity index (χ0v) is 29.0. The van der Waals surface area contributed by atoms with Crippen molar-refractivity contribution < 1.29 is 4.42 Å². The van der Waals surface area contributed by atoms with Crippen molar-refractivity contribution in [3.8, 4) is 11.1 Å². The first-order valence-corrected chi connectivity index (χ1v) is 18.3. The lowest BCUT2D eigenvalue weighted by atomic mass is 10.0. The molecule has 3 nitrogen and oxygen atoms in total. The SMILES string of the molecule is c1ccc(-c2ccc(N(c3ccccc3)c3ccc4c(c3)oc3ccc(N(c5ccccc5)c5ccc6c(c5)sc5ccccc56)cc34)cc2)cc1. The number of rotatable bonds is 7. The van der Waals surface area contributed by atoms with E-state index in [2.05, 4.69) is 204 Å². The first kappa shape index (κ1) is 30.2. The zero-order chi connectivity index (χ0) is 34.4. The number of fused-ring (bicyclic) bond motifs is 6. The van der Waals surface area contributed by atoms with Crippen LogP contribution < -0.4 is 9.80 Å². The van der Waals surface area contributed by atoms with E-state index in [0.29, 0.717) is 0 Å². The molecule has 0 aliphatic heterocycles. The lowest BCUT2D eigenvalue weighted by Crippen LogP contribution is -2.09. The second-order valence-electron chi connectivity index (χ2n) is 13.0. The molecule has 0 bridgehead atoms. The van der Waals surface area contributed by atoms with Crippen LogP contribution in [-0.2, 0) is 0 Å². The molecule has 0 N–H and O–H groups in total. The summed E-state index contributed by atoms with van der Waals surface area (Å²) in [6.45, 7) is 0. The Morgan fingerprint density at radius 3 is 1.54 bits per heavy atom. The summed E-state index contributed by atoms with van der Waals surface area (Å²) < 4.78 is 9.17. The molecule has 0 amide bonds. The number of furan rings is 1. The van der Waals surface area contributed by atoms with Gasteiger partial charge in [0, 0.05) is 71.1 Å². The van der Waals surface area contributed by atoms with Crippen LogP contribution in [0.3, 0.4) is 0 Å². The highest BCUT2D eigenvalue weighted by atomic mass is 32.1. The van der Waals surface area contributed by atoms with Gasteiger partial charge in [0.25, 0.3) is 0 Å². The van der Waals surface area contributed by atoms with Crippen LogP contribution in [0.4, 0.5) is 34.1 Å². The fourth-order valence-electron chi connectivity index (χ4n) is 7.37. The van der Waals surface area contributed by atoms with Gasteiger partial charge < -0.3 is 14.2 Å². The summed E-state index contributed by atoms with van der Waals surface area (Å²) in [6, 6.07) is 69.0. The fraction of sp³-hybridized carbons (Fsp3) is 0. The van der Waals surface area contributed by atoms with E-state index in [4.69, 9.17) is 4.42 Å². The van der Waals surface area contributed by atoms with Crippen LogP contribution in [0.1, 0.15) is 0 Å². The second kappa shape index (κ2) is 12.6. The summed E-state index contributed by atoms with van der Waals surface area (Å²) in [6.07, 6.45) is 0. The maximum absolute atomic E-state index is 6.59. The topological polar surface area (TPSA) is 19.6 Å². The number of hydrogen-bond donors (Lipinski definition) is 0. The summed E-state index contributed by atoms with van der Waals surface area (Å²) in [5, 5.41) is 4.77. The zero-order valence-electron chi connectivity index (χ0n) is 28.2. The Morgan fingerprint density at radius 2 is 0.808 bits per heavy atom. The molecule has 0 spiro atoms. The molecule has 246 valence electrons. The second-order valence-corrected chi connectivity index (χ2v) is 14.1. The summed E-state index contributed by atoms with van der Waals surface area (Å²) in [7, 11) is 0.